The summed E-state index contributed by atoms with van der Waals surface area (Å²) >= 11 is 5.87. The van der Waals surface area contributed by atoms with Gasteiger partial charge in [-0.3, -0.25) is 9.78 Å². The molecule has 1 amide bonds. The van der Waals surface area contributed by atoms with Gasteiger partial charge in [0, 0.05) is 35.6 Å². The van der Waals surface area contributed by atoms with Gasteiger partial charge in [0.1, 0.15) is 0 Å². The summed E-state index contributed by atoms with van der Waals surface area (Å²) in [6.45, 7) is 2.47. The summed E-state index contributed by atoms with van der Waals surface area (Å²) in [6, 6.07) is 9.31. The minimum Gasteiger partial charge on any atom is -0.352 e. The molecule has 2 rings (SSSR count). The topological polar surface area (TPSA) is 68.0 Å². The number of hydrogen-bond donors (Lipinski definition) is 2. The molecule has 0 saturated carbocycles. The second kappa shape index (κ2) is 7.20. The molecule has 0 fully saturated rings. The van der Waals surface area contributed by atoms with Gasteiger partial charge in [-0.05, 0) is 37.1 Å². The fourth-order valence-corrected chi connectivity index (χ4v) is 2.01. The highest BCUT2D eigenvalue weighted by Crippen LogP contribution is 2.21. The van der Waals surface area contributed by atoms with E-state index in [2.05, 4.69) is 10.3 Å². The predicted octanol–water partition coefficient (Wildman–Crippen LogP) is 2.87. The summed E-state index contributed by atoms with van der Waals surface area (Å²) in [6.07, 6.45) is 4.03. The van der Waals surface area contributed by atoms with Crippen LogP contribution in [0.25, 0.3) is 11.1 Å². The van der Waals surface area contributed by atoms with Crippen LogP contribution in [-0.4, -0.2) is 23.5 Å². The van der Waals surface area contributed by atoms with Gasteiger partial charge in [-0.1, -0.05) is 23.7 Å². The smallest absolute Gasteiger partial charge is 0.252 e. The Hall–Kier alpha value is -1.91. The van der Waals surface area contributed by atoms with E-state index in [1.165, 1.54) is 0 Å². The van der Waals surface area contributed by atoms with Crippen LogP contribution in [0.2, 0.25) is 5.02 Å². The van der Waals surface area contributed by atoms with Gasteiger partial charge in [-0.25, -0.2) is 0 Å². The molecule has 0 spiro atoms. The molecule has 1 atom stereocenters. The van der Waals surface area contributed by atoms with Crippen LogP contribution in [0.5, 0.6) is 0 Å². The van der Waals surface area contributed by atoms with Crippen LogP contribution in [0, 0.1) is 0 Å². The zero-order chi connectivity index (χ0) is 15.2. The van der Waals surface area contributed by atoms with E-state index in [1.54, 1.807) is 12.4 Å². The minimum atomic E-state index is -0.140. The van der Waals surface area contributed by atoms with Crippen LogP contribution in [0.3, 0.4) is 0 Å². The SMILES string of the molecule is CC(N)CCNC(=O)c1cncc(-c2ccc(Cl)cc2)c1. The van der Waals surface area contributed by atoms with Crippen molar-refractivity contribution in [3.05, 3.63) is 53.3 Å². The maximum absolute atomic E-state index is 12.1. The number of aromatic nitrogens is 1. The Labute approximate surface area is 129 Å². The van der Waals surface area contributed by atoms with Crippen molar-refractivity contribution < 1.29 is 4.79 Å². The number of nitrogens with one attached hydrogen (secondary N) is 1. The van der Waals surface area contributed by atoms with Gasteiger partial charge in [-0.15, -0.1) is 0 Å². The first-order chi connectivity index (χ1) is 10.1. The Bertz CT molecular complexity index is 611. The van der Waals surface area contributed by atoms with Crippen molar-refractivity contribution in [1.29, 1.82) is 0 Å². The first-order valence-corrected chi connectivity index (χ1v) is 7.19. The maximum Gasteiger partial charge on any atom is 0.252 e. The van der Waals surface area contributed by atoms with Gasteiger partial charge in [0.15, 0.2) is 0 Å². The molecule has 1 unspecified atom stereocenters. The van der Waals surface area contributed by atoms with E-state index >= 15 is 0 Å². The number of pyridine rings is 1. The molecule has 0 bridgehead atoms. The summed E-state index contributed by atoms with van der Waals surface area (Å²) in [7, 11) is 0. The van der Waals surface area contributed by atoms with Gasteiger partial charge in [0.05, 0.1) is 5.56 Å². The molecule has 1 heterocycles. The molecule has 3 N–H and O–H groups in total. The van der Waals surface area contributed by atoms with Crippen LogP contribution in [-0.2, 0) is 0 Å². The van der Waals surface area contributed by atoms with Crippen molar-refractivity contribution in [2.45, 2.75) is 19.4 Å². The number of benzene rings is 1. The van der Waals surface area contributed by atoms with E-state index in [1.807, 2.05) is 37.3 Å². The first-order valence-electron chi connectivity index (χ1n) is 6.81. The second-order valence-corrected chi connectivity index (χ2v) is 5.43. The predicted molar refractivity (Wildman–Crippen MR) is 85.3 cm³/mol. The Morgan fingerprint density at radius 2 is 2.00 bits per heavy atom. The number of hydrogen-bond acceptors (Lipinski definition) is 3. The molecule has 2 aromatic rings. The molecular weight excluding hydrogens is 286 g/mol. The van der Waals surface area contributed by atoms with Crippen molar-refractivity contribution in [2.75, 3.05) is 6.54 Å². The Morgan fingerprint density at radius 3 is 2.67 bits per heavy atom. The zero-order valence-electron chi connectivity index (χ0n) is 11.8. The van der Waals surface area contributed by atoms with Gasteiger partial charge in [0.2, 0.25) is 0 Å². The largest absolute Gasteiger partial charge is 0.352 e. The molecule has 0 aliphatic carbocycles. The van der Waals surface area contributed by atoms with E-state index in [0.29, 0.717) is 17.1 Å². The standard InChI is InChI=1S/C16H18ClN3O/c1-11(18)6-7-20-16(21)14-8-13(9-19-10-14)12-2-4-15(17)5-3-12/h2-5,8-11H,6-7,18H2,1H3,(H,20,21). The summed E-state index contributed by atoms with van der Waals surface area (Å²) < 4.78 is 0. The fourth-order valence-electron chi connectivity index (χ4n) is 1.88. The average Bonchev–Trinajstić information content (AvgIpc) is 2.47. The molecule has 1 aromatic carbocycles. The van der Waals surface area contributed by atoms with E-state index < -0.39 is 0 Å². The molecule has 4 nitrogen and oxygen atoms in total. The number of amides is 1. The number of carbonyl (C=O) groups is 1. The van der Waals surface area contributed by atoms with E-state index in [-0.39, 0.29) is 11.9 Å². The summed E-state index contributed by atoms with van der Waals surface area (Å²) in [5, 5.41) is 3.52. The quantitative estimate of drug-likeness (QED) is 0.892. The summed E-state index contributed by atoms with van der Waals surface area (Å²) in [5.41, 5.74) is 8.04. The third kappa shape index (κ3) is 4.55. The molecule has 5 heteroatoms. The number of rotatable bonds is 5. The minimum absolute atomic E-state index is 0.0730. The van der Waals surface area contributed by atoms with Crippen LogP contribution in [0.15, 0.2) is 42.7 Å². The van der Waals surface area contributed by atoms with Crippen LogP contribution >= 0.6 is 11.6 Å². The van der Waals surface area contributed by atoms with Crippen molar-refractivity contribution in [1.82, 2.24) is 10.3 Å². The third-order valence-corrected chi connectivity index (χ3v) is 3.32. The highest BCUT2D eigenvalue weighted by molar-refractivity contribution is 6.30. The number of nitrogens with two attached hydrogens (primary N) is 1. The summed E-state index contributed by atoms with van der Waals surface area (Å²) in [4.78, 5) is 16.2. The lowest BCUT2D eigenvalue weighted by Crippen LogP contribution is -2.29. The molecule has 0 radical (unpaired) electrons. The van der Waals surface area contributed by atoms with Crippen molar-refractivity contribution in [3.63, 3.8) is 0 Å². The Morgan fingerprint density at radius 1 is 1.29 bits per heavy atom. The van der Waals surface area contributed by atoms with Crippen molar-refractivity contribution in [3.8, 4) is 11.1 Å². The van der Waals surface area contributed by atoms with Gasteiger partial charge in [-0.2, -0.15) is 0 Å². The fraction of sp³-hybridized carbons (Fsp3) is 0.250. The highest BCUT2D eigenvalue weighted by Gasteiger charge is 2.08. The zero-order valence-corrected chi connectivity index (χ0v) is 12.6. The summed E-state index contributed by atoms with van der Waals surface area (Å²) in [5.74, 6) is -0.140. The molecule has 21 heavy (non-hydrogen) atoms. The lowest BCUT2D eigenvalue weighted by Gasteiger charge is -2.08. The Balaban J connectivity index is 2.10. The lowest BCUT2D eigenvalue weighted by molar-refractivity contribution is 0.0952. The first kappa shape index (κ1) is 15.5. The van der Waals surface area contributed by atoms with Gasteiger partial charge < -0.3 is 11.1 Å². The molecular formula is C16H18ClN3O. The number of nitrogens with zero attached hydrogens (tertiary/aromatic N) is 1. The molecule has 0 saturated heterocycles. The highest BCUT2D eigenvalue weighted by atomic mass is 35.5. The van der Waals surface area contributed by atoms with Crippen molar-refractivity contribution in [2.24, 2.45) is 5.73 Å². The number of carbonyl (C=O) groups excluding carboxylic acids is 1. The molecule has 0 aliphatic rings. The number of halogens is 1. The maximum atomic E-state index is 12.1. The monoisotopic (exact) mass is 303 g/mol. The van der Waals surface area contributed by atoms with Crippen molar-refractivity contribution >= 4 is 17.5 Å². The average molecular weight is 304 g/mol. The van der Waals surface area contributed by atoms with E-state index in [0.717, 1.165) is 17.5 Å². The van der Waals surface area contributed by atoms with Gasteiger partial charge in [0.25, 0.3) is 5.91 Å². The van der Waals surface area contributed by atoms with Crippen LogP contribution in [0.1, 0.15) is 23.7 Å². The lowest BCUT2D eigenvalue weighted by atomic mass is 10.1. The molecule has 0 aliphatic heterocycles. The van der Waals surface area contributed by atoms with E-state index in [9.17, 15) is 4.79 Å². The normalized spacial score (nSPS) is 12.0. The van der Waals surface area contributed by atoms with Crippen LogP contribution in [0.4, 0.5) is 0 Å². The molecule has 1 aromatic heterocycles. The Kier molecular flexibility index (Phi) is 5.31. The van der Waals surface area contributed by atoms with Crippen LogP contribution < -0.4 is 11.1 Å². The molecule has 110 valence electrons. The third-order valence-electron chi connectivity index (χ3n) is 3.06. The second-order valence-electron chi connectivity index (χ2n) is 4.99. The van der Waals surface area contributed by atoms with E-state index in [4.69, 9.17) is 17.3 Å². The van der Waals surface area contributed by atoms with Gasteiger partial charge >= 0.3 is 0 Å².